The van der Waals surface area contributed by atoms with E-state index < -0.39 is 10.0 Å². The molecular weight excluding hydrogens is 296 g/mol. The summed E-state index contributed by atoms with van der Waals surface area (Å²) in [5.41, 5.74) is 0. The van der Waals surface area contributed by atoms with Crippen LogP contribution in [0, 0.1) is 0 Å². The second-order valence-electron chi connectivity index (χ2n) is 4.57. The molecule has 0 bridgehead atoms. The Morgan fingerprint density at radius 3 is 2.57 bits per heavy atom. The number of Topliss-reactive ketones (excluding diaryl/α,β-unsaturated/α-hetero) is 1. The number of benzene rings is 1. The maximum atomic E-state index is 12.6. The second kappa shape index (κ2) is 6.42. The van der Waals surface area contributed by atoms with Crippen molar-refractivity contribution in [1.82, 2.24) is 9.62 Å². The van der Waals surface area contributed by atoms with Crippen molar-refractivity contribution in [3.63, 3.8) is 0 Å². The summed E-state index contributed by atoms with van der Waals surface area (Å²) in [7, 11) is -0.823. The summed E-state index contributed by atoms with van der Waals surface area (Å²) in [6.45, 7) is 0.766. The first-order valence-corrected chi connectivity index (χ1v) is 7.87. The molecule has 0 saturated carbocycles. The molecule has 0 amide bonds. The zero-order valence-corrected chi connectivity index (χ0v) is 12.8. The molecule has 1 saturated heterocycles. The topological polar surface area (TPSA) is 84.9 Å². The number of hydrogen-bond donors (Lipinski definition) is 1. The van der Waals surface area contributed by atoms with E-state index in [9.17, 15) is 13.2 Å². The number of nitrogens with zero attached hydrogens (tertiary/aromatic N) is 1. The van der Waals surface area contributed by atoms with Crippen LogP contribution in [0.3, 0.4) is 0 Å². The molecule has 1 fully saturated rings. The van der Waals surface area contributed by atoms with Gasteiger partial charge in [-0.1, -0.05) is 0 Å². The highest BCUT2D eigenvalue weighted by molar-refractivity contribution is 7.89. The molecule has 1 aromatic rings. The number of ketones is 1. The lowest BCUT2D eigenvalue weighted by molar-refractivity contribution is -0.117. The van der Waals surface area contributed by atoms with E-state index in [0.29, 0.717) is 18.0 Å². The average molecular weight is 314 g/mol. The van der Waals surface area contributed by atoms with Crippen molar-refractivity contribution < 1.29 is 22.7 Å². The van der Waals surface area contributed by atoms with Crippen LogP contribution in [0.4, 0.5) is 0 Å². The highest BCUT2D eigenvalue weighted by Crippen LogP contribution is 2.30. The van der Waals surface area contributed by atoms with E-state index >= 15 is 0 Å². The fourth-order valence-corrected chi connectivity index (χ4v) is 3.53. The number of rotatable bonds is 4. The number of ether oxygens (including phenoxy) is 2. The van der Waals surface area contributed by atoms with Crippen molar-refractivity contribution in [3.8, 4) is 11.5 Å². The standard InChI is InChI=1S/C13H18N2O5S/c1-19-12-4-3-11(7-13(12)20-2)21(17,18)15-6-5-14-8-10(16)9-15/h3-4,7,14H,5-6,8-9H2,1-2H3. The molecule has 1 aromatic carbocycles. The Kier molecular flexibility index (Phi) is 4.81. The van der Waals surface area contributed by atoms with Gasteiger partial charge in [0, 0.05) is 19.2 Å². The zero-order valence-electron chi connectivity index (χ0n) is 12.0. The third-order valence-corrected chi connectivity index (χ3v) is 5.05. The summed E-state index contributed by atoms with van der Waals surface area (Å²) in [6.07, 6.45) is 0. The molecule has 0 unspecified atom stereocenters. The molecule has 1 aliphatic rings. The first-order chi connectivity index (χ1) is 9.98. The normalized spacial score (nSPS) is 17.3. The van der Waals surface area contributed by atoms with Crippen molar-refractivity contribution in [2.45, 2.75) is 4.90 Å². The van der Waals surface area contributed by atoms with Crippen molar-refractivity contribution >= 4 is 15.8 Å². The average Bonchev–Trinajstić information content (AvgIpc) is 2.71. The molecule has 21 heavy (non-hydrogen) atoms. The molecule has 0 radical (unpaired) electrons. The number of carbonyl (C=O) groups is 1. The molecule has 0 atom stereocenters. The Morgan fingerprint density at radius 1 is 1.19 bits per heavy atom. The van der Waals surface area contributed by atoms with Crippen LogP contribution in [0.2, 0.25) is 0 Å². The van der Waals surface area contributed by atoms with Gasteiger partial charge in [-0.25, -0.2) is 8.42 Å². The fraction of sp³-hybridized carbons (Fsp3) is 0.462. The molecular formula is C13H18N2O5S. The monoisotopic (exact) mass is 314 g/mol. The van der Waals surface area contributed by atoms with Crippen molar-refractivity contribution in [2.24, 2.45) is 0 Å². The van der Waals surface area contributed by atoms with E-state index in [4.69, 9.17) is 9.47 Å². The molecule has 0 aliphatic carbocycles. The first kappa shape index (κ1) is 15.7. The van der Waals surface area contributed by atoms with E-state index in [0.717, 1.165) is 0 Å². The third kappa shape index (κ3) is 3.34. The number of nitrogens with one attached hydrogen (secondary N) is 1. The summed E-state index contributed by atoms with van der Waals surface area (Å²) in [5, 5.41) is 2.89. The molecule has 1 heterocycles. The first-order valence-electron chi connectivity index (χ1n) is 6.43. The van der Waals surface area contributed by atoms with E-state index in [2.05, 4.69) is 5.32 Å². The highest BCUT2D eigenvalue weighted by Gasteiger charge is 2.28. The SMILES string of the molecule is COc1ccc(S(=O)(=O)N2CCNCC(=O)C2)cc1OC. The van der Waals surface area contributed by atoms with Crippen molar-refractivity contribution in [3.05, 3.63) is 18.2 Å². The summed E-state index contributed by atoms with van der Waals surface area (Å²) >= 11 is 0. The summed E-state index contributed by atoms with van der Waals surface area (Å²) in [4.78, 5) is 11.7. The minimum Gasteiger partial charge on any atom is -0.493 e. The third-order valence-electron chi connectivity index (χ3n) is 3.21. The fourth-order valence-electron chi connectivity index (χ4n) is 2.09. The number of sulfonamides is 1. The van der Waals surface area contributed by atoms with Gasteiger partial charge in [-0.15, -0.1) is 0 Å². The molecule has 2 rings (SSSR count). The lowest BCUT2D eigenvalue weighted by Gasteiger charge is -2.19. The van der Waals surface area contributed by atoms with Crippen LogP contribution in [0.25, 0.3) is 0 Å². The van der Waals surface area contributed by atoms with Gasteiger partial charge < -0.3 is 14.8 Å². The van der Waals surface area contributed by atoms with Crippen LogP contribution in [0.1, 0.15) is 0 Å². The predicted molar refractivity (Wildman–Crippen MR) is 76.2 cm³/mol. The Balaban J connectivity index is 2.36. The van der Waals surface area contributed by atoms with Crippen LogP contribution in [-0.2, 0) is 14.8 Å². The van der Waals surface area contributed by atoms with Gasteiger partial charge in [-0.3, -0.25) is 4.79 Å². The summed E-state index contributed by atoms with van der Waals surface area (Å²) < 4.78 is 36.6. The largest absolute Gasteiger partial charge is 0.493 e. The summed E-state index contributed by atoms with van der Waals surface area (Å²) in [5.74, 6) is 0.624. The van der Waals surface area contributed by atoms with E-state index in [-0.39, 0.29) is 30.3 Å². The zero-order chi connectivity index (χ0) is 15.5. The van der Waals surface area contributed by atoms with E-state index in [1.54, 1.807) is 0 Å². The van der Waals surface area contributed by atoms with Gasteiger partial charge in [0.05, 0.1) is 32.2 Å². The van der Waals surface area contributed by atoms with Crippen molar-refractivity contribution in [1.29, 1.82) is 0 Å². The maximum Gasteiger partial charge on any atom is 0.243 e. The number of methoxy groups -OCH3 is 2. The van der Waals surface area contributed by atoms with Gasteiger partial charge in [0.15, 0.2) is 17.3 Å². The highest BCUT2D eigenvalue weighted by atomic mass is 32.2. The molecule has 1 N–H and O–H groups in total. The smallest absolute Gasteiger partial charge is 0.243 e. The molecule has 7 nitrogen and oxygen atoms in total. The van der Waals surface area contributed by atoms with Gasteiger partial charge in [-0.05, 0) is 12.1 Å². The van der Waals surface area contributed by atoms with Gasteiger partial charge >= 0.3 is 0 Å². The van der Waals surface area contributed by atoms with Gasteiger partial charge in [0.25, 0.3) is 0 Å². The summed E-state index contributed by atoms with van der Waals surface area (Å²) in [6, 6.07) is 4.38. The van der Waals surface area contributed by atoms with Crippen molar-refractivity contribution in [2.75, 3.05) is 40.4 Å². The van der Waals surface area contributed by atoms with E-state index in [1.165, 1.54) is 36.7 Å². The van der Waals surface area contributed by atoms with Crippen LogP contribution >= 0.6 is 0 Å². The Morgan fingerprint density at radius 2 is 1.90 bits per heavy atom. The Bertz CT molecular complexity index is 629. The lowest BCUT2D eigenvalue weighted by Crippen LogP contribution is -2.36. The minimum absolute atomic E-state index is 0.0786. The quantitative estimate of drug-likeness (QED) is 0.833. The minimum atomic E-state index is -3.74. The molecule has 0 aromatic heterocycles. The molecule has 8 heteroatoms. The van der Waals surface area contributed by atoms with Crippen LogP contribution in [0.15, 0.2) is 23.1 Å². The van der Waals surface area contributed by atoms with Gasteiger partial charge in [0.2, 0.25) is 10.0 Å². The van der Waals surface area contributed by atoms with Gasteiger partial charge in [-0.2, -0.15) is 4.31 Å². The molecule has 1 aliphatic heterocycles. The number of carbonyl (C=O) groups excluding carboxylic acids is 1. The number of hydrogen-bond acceptors (Lipinski definition) is 6. The molecule has 116 valence electrons. The van der Waals surface area contributed by atoms with E-state index in [1.807, 2.05) is 0 Å². The lowest BCUT2D eigenvalue weighted by atomic mass is 10.3. The predicted octanol–water partition coefficient (Wildman–Crippen LogP) is -0.133. The Labute approximate surface area is 123 Å². The van der Waals surface area contributed by atoms with Crippen LogP contribution in [0.5, 0.6) is 11.5 Å². The van der Waals surface area contributed by atoms with Crippen LogP contribution < -0.4 is 14.8 Å². The molecule has 0 spiro atoms. The maximum absolute atomic E-state index is 12.6. The second-order valence-corrected chi connectivity index (χ2v) is 6.51. The van der Waals surface area contributed by atoms with Crippen LogP contribution in [-0.4, -0.2) is 58.9 Å². The Hall–Kier alpha value is -1.64. The van der Waals surface area contributed by atoms with Gasteiger partial charge in [0.1, 0.15) is 0 Å².